The molecular weight excluding hydrogens is 246 g/mol. The molecule has 20 heavy (non-hydrogen) atoms. The van der Waals surface area contributed by atoms with Gasteiger partial charge in [-0.05, 0) is 49.9 Å². The van der Waals surface area contributed by atoms with Crippen LogP contribution in [0.1, 0.15) is 55.4 Å². The van der Waals surface area contributed by atoms with Crippen LogP contribution in [0.2, 0.25) is 0 Å². The van der Waals surface area contributed by atoms with Crippen LogP contribution >= 0.6 is 0 Å². The van der Waals surface area contributed by atoms with Crippen LogP contribution in [0, 0.1) is 13.8 Å². The summed E-state index contributed by atoms with van der Waals surface area (Å²) in [4.78, 5) is 9.04. The lowest BCUT2D eigenvalue weighted by molar-refractivity contribution is 0.734. The fourth-order valence-electron chi connectivity index (χ4n) is 2.21. The van der Waals surface area contributed by atoms with Crippen LogP contribution < -0.4 is 5.73 Å². The zero-order valence-corrected chi connectivity index (χ0v) is 12.9. The molecule has 0 saturated heterocycles. The van der Waals surface area contributed by atoms with Crippen molar-refractivity contribution >= 4 is 0 Å². The molecule has 2 N–H and O–H groups in total. The quantitative estimate of drug-likeness (QED) is 0.919. The van der Waals surface area contributed by atoms with Gasteiger partial charge in [-0.15, -0.1) is 0 Å². The van der Waals surface area contributed by atoms with E-state index in [-0.39, 0.29) is 6.04 Å². The summed E-state index contributed by atoms with van der Waals surface area (Å²) in [6.07, 6.45) is 0. The van der Waals surface area contributed by atoms with Gasteiger partial charge >= 0.3 is 0 Å². The Bertz CT molecular complexity index is 616. The standard InChI is InChI=1S/C17H23N3/c1-10(2)14-7-6-11(3)15(9-14)16-8-12(4)19-17(20-16)13(5)18/h6-10,13H,18H2,1-5H3. The van der Waals surface area contributed by atoms with Crippen molar-refractivity contribution in [3.05, 3.63) is 46.9 Å². The van der Waals surface area contributed by atoms with E-state index in [4.69, 9.17) is 5.73 Å². The fraction of sp³-hybridized carbons (Fsp3) is 0.412. The summed E-state index contributed by atoms with van der Waals surface area (Å²) in [5, 5.41) is 0. The van der Waals surface area contributed by atoms with Crippen LogP contribution in [0.15, 0.2) is 24.3 Å². The molecule has 0 aliphatic heterocycles. The van der Waals surface area contributed by atoms with Crippen molar-refractivity contribution in [2.24, 2.45) is 5.73 Å². The van der Waals surface area contributed by atoms with E-state index in [1.54, 1.807) is 0 Å². The summed E-state index contributed by atoms with van der Waals surface area (Å²) >= 11 is 0. The van der Waals surface area contributed by atoms with Crippen molar-refractivity contribution in [3.63, 3.8) is 0 Å². The molecule has 2 aromatic rings. The third kappa shape index (κ3) is 3.05. The van der Waals surface area contributed by atoms with Gasteiger partial charge in [-0.1, -0.05) is 26.0 Å². The molecular formula is C17H23N3. The third-order valence-corrected chi connectivity index (χ3v) is 3.48. The monoisotopic (exact) mass is 269 g/mol. The fourth-order valence-corrected chi connectivity index (χ4v) is 2.21. The van der Waals surface area contributed by atoms with E-state index in [1.165, 1.54) is 16.7 Å². The van der Waals surface area contributed by atoms with Crippen LogP contribution in [0.25, 0.3) is 11.3 Å². The molecule has 0 fully saturated rings. The van der Waals surface area contributed by atoms with Crippen LogP contribution in [0.3, 0.4) is 0 Å². The lowest BCUT2D eigenvalue weighted by Crippen LogP contribution is -2.11. The highest BCUT2D eigenvalue weighted by molar-refractivity contribution is 5.65. The van der Waals surface area contributed by atoms with Crippen molar-refractivity contribution in [1.29, 1.82) is 0 Å². The Morgan fingerprint density at radius 3 is 2.30 bits per heavy atom. The zero-order valence-electron chi connectivity index (χ0n) is 12.9. The summed E-state index contributed by atoms with van der Waals surface area (Å²) in [6.45, 7) is 10.4. The van der Waals surface area contributed by atoms with Crippen LogP contribution in [-0.2, 0) is 0 Å². The average Bonchev–Trinajstić information content (AvgIpc) is 2.38. The van der Waals surface area contributed by atoms with Gasteiger partial charge in [0.05, 0.1) is 11.7 Å². The van der Waals surface area contributed by atoms with Gasteiger partial charge in [0, 0.05) is 11.3 Å². The number of nitrogens with zero attached hydrogens (tertiary/aromatic N) is 2. The van der Waals surface area contributed by atoms with Gasteiger partial charge in [-0.2, -0.15) is 0 Å². The first-order chi connectivity index (χ1) is 9.38. The van der Waals surface area contributed by atoms with Gasteiger partial charge < -0.3 is 5.73 Å². The predicted molar refractivity (Wildman–Crippen MR) is 83.6 cm³/mol. The van der Waals surface area contributed by atoms with Crippen molar-refractivity contribution in [1.82, 2.24) is 9.97 Å². The van der Waals surface area contributed by atoms with Crippen LogP contribution in [0.4, 0.5) is 0 Å². The average molecular weight is 269 g/mol. The minimum atomic E-state index is -0.151. The number of hydrogen-bond donors (Lipinski definition) is 1. The first-order valence-electron chi connectivity index (χ1n) is 7.10. The van der Waals surface area contributed by atoms with Gasteiger partial charge in [0.1, 0.15) is 5.82 Å². The highest BCUT2D eigenvalue weighted by Gasteiger charge is 2.11. The van der Waals surface area contributed by atoms with Crippen molar-refractivity contribution in [3.8, 4) is 11.3 Å². The summed E-state index contributed by atoms with van der Waals surface area (Å²) < 4.78 is 0. The number of aromatic nitrogens is 2. The van der Waals surface area contributed by atoms with E-state index < -0.39 is 0 Å². The van der Waals surface area contributed by atoms with E-state index in [0.29, 0.717) is 11.7 Å². The summed E-state index contributed by atoms with van der Waals surface area (Å²) in [7, 11) is 0. The second-order valence-corrected chi connectivity index (χ2v) is 5.77. The Labute approximate surface area is 121 Å². The molecule has 1 unspecified atom stereocenters. The van der Waals surface area contributed by atoms with Gasteiger partial charge in [0.25, 0.3) is 0 Å². The maximum absolute atomic E-state index is 5.92. The van der Waals surface area contributed by atoms with Crippen molar-refractivity contribution in [2.75, 3.05) is 0 Å². The molecule has 0 aliphatic rings. The summed E-state index contributed by atoms with van der Waals surface area (Å²) in [6, 6.07) is 8.45. The highest BCUT2D eigenvalue weighted by atomic mass is 14.9. The first-order valence-corrected chi connectivity index (χ1v) is 7.10. The van der Waals surface area contributed by atoms with E-state index in [0.717, 1.165) is 11.4 Å². The largest absolute Gasteiger partial charge is 0.322 e. The normalized spacial score (nSPS) is 12.8. The Kier molecular flexibility index (Phi) is 4.19. The molecule has 2 rings (SSSR count). The minimum Gasteiger partial charge on any atom is -0.322 e. The molecule has 0 bridgehead atoms. The molecule has 1 atom stereocenters. The van der Waals surface area contributed by atoms with Gasteiger partial charge in [0.15, 0.2) is 0 Å². The first kappa shape index (κ1) is 14.7. The Morgan fingerprint density at radius 2 is 1.70 bits per heavy atom. The summed E-state index contributed by atoms with van der Waals surface area (Å²) in [5.41, 5.74) is 11.6. The molecule has 3 nitrogen and oxygen atoms in total. The Balaban J connectivity index is 2.58. The van der Waals surface area contributed by atoms with Gasteiger partial charge in [-0.3, -0.25) is 0 Å². The Morgan fingerprint density at radius 1 is 1.00 bits per heavy atom. The number of benzene rings is 1. The third-order valence-electron chi connectivity index (χ3n) is 3.48. The smallest absolute Gasteiger partial charge is 0.145 e. The second-order valence-electron chi connectivity index (χ2n) is 5.77. The van der Waals surface area contributed by atoms with E-state index >= 15 is 0 Å². The summed E-state index contributed by atoms with van der Waals surface area (Å²) in [5.74, 6) is 1.21. The van der Waals surface area contributed by atoms with Crippen molar-refractivity contribution in [2.45, 2.75) is 46.6 Å². The zero-order chi connectivity index (χ0) is 14.9. The van der Waals surface area contributed by atoms with Crippen LogP contribution in [-0.4, -0.2) is 9.97 Å². The van der Waals surface area contributed by atoms with E-state index in [2.05, 4.69) is 48.9 Å². The molecule has 106 valence electrons. The van der Waals surface area contributed by atoms with Gasteiger partial charge in [-0.25, -0.2) is 9.97 Å². The lowest BCUT2D eigenvalue weighted by atomic mass is 9.96. The van der Waals surface area contributed by atoms with Gasteiger partial charge in [0.2, 0.25) is 0 Å². The van der Waals surface area contributed by atoms with E-state index in [1.807, 2.05) is 19.9 Å². The molecule has 0 saturated carbocycles. The predicted octanol–water partition coefficient (Wildman–Crippen LogP) is 3.90. The molecule has 0 spiro atoms. The molecule has 1 heterocycles. The molecule has 1 aromatic carbocycles. The molecule has 0 amide bonds. The lowest BCUT2D eigenvalue weighted by Gasteiger charge is -2.13. The maximum atomic E-state index is 5.92. The Hall–Kier alpha value is -1.74. The molecule has 1 aromatic heterocycles. The molecule has 0 radical (unpaired) electrons. The van der Waals surface area contributed by atoms with E-state index in [9.17, 15) is 0 Å². The minimum absolute atomic E-state index is 0.151. The number of rotatable bonds is 3. The number of nitrogens with two attached hydrogens (primary N) is 1. The SMILES string of the molecule is Cc1cc(-c2cc(C(C)C)ccc2C)nc(C(C)N)n1. The maximum Gasteiger partial charge on any atom is 0.145 e. The van der Waals surface area contributed by atoms with Crippen LogP contribution in [0.5, 0.6) is 0 Å². The number of aryl methyl sites for hydroxylation is 2. The molecule has 3 heteroatoms. The highest BCUT2D eigenvalue weighted by Crippen LogP contribution is 2.27. The topological polar surface area (TPSA) is 51.8 Å². The number of hydrogen-bond acceptors (Lipinski definition) is 3. The van der Waals surface area contributed by atoms with Crippen molar-refractivity contribution < 1.29 is 0 Å². The molecule has 0 aliphatic carbocycles. The second kappa shape index (κ2) is 5.71.